The Hall–Kier alpha value is -0.890. The van der Waals surface area contributed by atoms with Crippen LogP contribution in [0.4, 0.5) is 0 Å². The van der Waals surface area contributed by atoms with Gasteiger partial charge in [-0.1, -0.05) is 0 Å². The lowest BCUT2D eigenvalue weighted by atomic mass is 9.88. The van der Waals surface area contributed by atoms with Gasteiger partial charge in [-0.2, -0.15) is 0 Å². The maximum absolute atomic E-state index is 5.99. The topological polar surface area (TPSA) is 38.9 Å². The molecule has 2 heteroatoms. The highest BCUT2D eigenvalue weighted by Crippen LogP contribution is 2.28. The molecule has 64 valence electrons. The van der Waals surface area contributed by atoms with E-state index in [0.29, 0.717) is 0 Å². The molecule has 1 aromatic heterocycles. The second kappa shape index (κ2) is 2.87. The summed E-state index contributed by atoms with van der Waals surface area (Å²) in [4.78, 5) is 4.27. The Morgan fingerprint density at radius 2 is 2.42 bits per heavy atom. The number of nitrogens with zero attached hydrogens (tertiary/aromatic N) is 1. The molecule has 0 spiro atoms. The van der Waals surface area contributed by atoms with E-state index in [-0.39, 0.29) is 6.04 Å². The van der Waals surface area contributed by atoms with Crippen LogP contribution in [0.15, 0.2) is 12.3 Å². The first-order chi connectivity index (χ1) is 5.79. The summed E-state index contributed by atoms with van der Waals surface area (Å²) in [5.74, 6) is 0. The SMILES string of the molecule is Cc1nccc2c1CCCC2N. The Morgan fingerprint density at radius 3 is 3.17 bits per heavy atom. The van der Waals surface area contributed by atoms with Crippen molar-refractivity contribution in [2.75, 3.05) is 0 Å². The minimum absolute atomic E-state index is 0.246. The quantitative estimate of drug-likeness (QED) is 0.631. The van der Waals surface area contributed by atoms with Crippen molar-refractivity contribution in [1.29, 1.82) is 0 Å². The van der Waals surface area contributed by atoms with Crippen molar-refractivity contribution >= 4 is 0 Å². The van der Waals surface area contributed by atoms with Crippen molar-refractivity contribution < 1.29 is 0 Å². The summed E-state index contributed by atoms with van der Waals surface area (Å²) in [5.41, 5.74) is 9.84. The molecule has 1 aromatic rings. The minimum Gasteiger partial charge on any atom is -0.324 e. The van der Waals surface area contributed by atoms with E-state index in [1.54, 1.807) is 0 Å². The van der Waals surface area contributed by atoms with Crippen molar-refractivity contribution in [2.24, 2.45) is 5.73 Å². The van der Waals surface area contributed by atoms with E-state index in [1.165, 1.54) is 17.5 Å². The van der Waals surface area contributed by atoms with Crippen LogP contribution < -0.4 is 5.73 Å². The Kier molecular flexibility index (Phi) is 1.85. The molecule has 0 aromatic carbocycles. The Morgan fingerprint density at radius 1 is 1.58 bits per heavy atom. The lowest BCUT2D eigenvalue weighted by Gasteiger charge is -2.22. The number of nitrogens with two attached hydrogens (primary N) is 1. The summed E-state index contributed by atoms with van der Waals surface area (Å²) in [5, 5.41) is 0. The van der Waals surface area contributed by atoms with Crippen LogP contribution in [0.2, 0.25) is 0 Å². The zero-order valence-electron chi connectivity index (χ0n) is 7.38. The third-order valence-electron chi connectivity index (χ3n) is 2.65. The monoisotopic (exact) mass is 162 g/mol. The summed E-state index contributed by atoms with van der Waals surface area (Å²) in [6, 6.07) is 2.31. The molecule has 0 fully saturated rings. The molecule has 0 amide bonds. The summed E-state index contributed by atoms with van der Waals surface area (Å²) < 4.78 is 0. The highest BCUT2D eigenvalue weighted by atomic mass is 14.7. The molecule has 1 aliphatic carbocycles. The molecular formula is C10H14N2. The fraction of sp³-hybridized carbons (Fsp3) is 0.500. The highest BCUT2D eigenvalue weighted by molar-refractivity contribution is 5.33. The summed E-state index contributed by atoms with van der Waals surface area (Å²) >= 11 is 0. The van der Waals surface area contributed by atoms with Crippen molar-refractivity contribution in [2.45, 2.75) is 32.2 Å². The van der Waals surface area contributed by atoms with Gasteiger partial charge in [0.25, 0.3) is 0 Å². The zero-order valence-corrected chi connectivity index (χ0v) is 7.38. The number of hydrogen-bond donors (Lipinski definition) is 1. The first-order valence-corrected chi connectivity index (χ1v) is 4.49. The maximum atomic E-state index is 5.99. The number of aryl methyl sites for hydroxylation is 1. The van der Waals surface area contributed by atoms with Crippen LogP contribution in [0.25, 0.3) is 0 Å². The number of aromatic nitrogens is 1. The average Bonchev–Trinajstić information content (AvgIpc) is 2.07. The first-order valence-electron chi connectivity index (χ1n) is 4.49. The van der Waals surface area contributed by atoms with Crippen LogP contribution in [0.1, 0.15) is 35.7 Å². The first kappa shape index (κ1) is 7.74. The Balaban J connectivity index is 2.52. The molecule has 1 unspecified atom stereocenters. The third kappa shape index (κ3) is 1.12. The van der Waals surface area contributed by atoms with Crippen LogP contribution in [0.5, 0.6) is 0 Å². The minimum atomic E-state index is 0.246. The van der Waals surface area contributed by atoms with Gasteiger partial charge in [0.05, 0.1) is 0 Å². The second-order valence-corrected chi connectivity index (χ2v) is 3.46. The molecule has 1 aliphatic rings. The third-order valence-corrected chi connectivity index (χ3v) is 2.65. The van der Waals surface area contributed by atoms with E-state index in [2.05, 4.69) is 18.0 Å². The van der Waals surface area contributed by atoms with Gasteiger partial charge >= 0.3 is 0 Å². The maximum Gasteiger partial charge on any atom is 0.0407 e. The smallest absolute Gasteiger partial charge is 0.0407 e. The predicted molar refractivity (Wildman–Crippen MR) is 48.8 cm³/mol. The van der Waals surface area contributed by atoms with Gasteiger partial charge < -0.3 is 5.73 Å². The molecule has 0 saturated carbocycles. The number of hydrogen-bond acceptors (Lipinski definition) is 2. The molecule has 0 aliphatic heterocycles. The van der Waals surface area contributed by atoms with Gasteiger partial charge in [0.2, 0.25) is 0 Å². The lowest BCUT2D eigenvalue weighted by Crippen LogP contribution is -2.18. The van der Waals surface area contributed by atoms with Gasteiger partial charge in [0.15, 0.2) is 0 Å². The van der Waals surface area contributed by atoms with E-state index in [0.717, 1.165) is 18.5 Å². The van der Waals surface area contributed by atoms with Crippen LogP contribution in [0, 0.1) is 6.92 Å². The van der Waals surface area contributed by atoms with E-state index in [4.69, 9.17) is 5.73 Å². The number of rotatable bonds is 0. The molecule has 1 atom stereocenters. The average molecular weight is 162 g/mol. The summed E-state index contributed by atoms with van der Waals surface area (Å²) in [6.07, 6.45) is 5.35. The zero-order chi connectivity index (χ0) is 8.55. The van der Waals surface area contributed by atoms with Crippen molar-refractivity contribution in [1.82, 2.24) is 4.98 Å². The molecule has 12 heavy (non-hydrogen) atoms. The van der Waals surface area contributed by atoms with Crippen LogP contribution in [0.3, 0.4) is 0 Å². The molecule has 0 saturated heterocycles. The van der Waals surface area contributed by atoms with Gasteiger partial charge in [0, 0.05) is 17.9 Å². The second-order valence-electron chi connectivity index (χ2n) is 3.46. The van der Waals surface area contributed by atoms with E-state index in [9.17, 15) is 0 Å². The number of fused-ring (bicyclic) bond motifs is 1. The molecule has 2 N–H and O–H groups in total. The van der Waals surface area contributed by atoms with E-state index in [1.807, 2.05) is 6.20 Å². The van der Waals surface area contributed by atoms with Crippen molar-refractivity contribution in [3.05, 3.63) is 29.1 Å². The van der Waals surface area contributed by atoms with Crippen LogP contribution in [-0.4, -0.2) is 4.98 Å². The normalized spacial score (nSPS) is 22.0. The Labute approximate surface area is 72.8 Å². The van der Waals surface area contributed by atoms with Gasteiger partial charge in [-0.15, -0.1) is 0 Å². The fourth-order valence-electron chi connectivity index (χ4n) is 1.94. The molecule has 2 nitrogen and oxygen atoms in total. The molecule has 0 bridgehead atoms. The van der Waals surface area contributed by atoms with Crippen molar-refractivity contribution in [3.63, 3.8) is 0 Å². The van der Waals surface area contributed by atoms with Crippen LogP contribution in [-0.2, 0) is 6.42 Å². The predicted octanol–water partition coefficient (Wildman–Crippen LogP) is 1.73. The van der Waals surface area contributed by atoms with Crippen LogP contribution >= 0.6 is 0 Å². The summed E-state index contributed by atoms with van der Waals surface area (Å²) in [7, 11) is 0. The molecule has 2 rings (SSSR count). The fourth-order valence-corrected chi connectivity index (χ4v) is 1.94. The Bertz CT molecular complexity index is 294. The molecule has 1 heterocycles. The highest BCUT2D eigenvalue weighted by Gasteiger charge is 2.17. The lowest BCUT2D eigenvalue weighted by molar-refractivity contribution is 0.566. The largest absolute Gasteiger partial charge is 0.324 e. The molecule has 0 radical (unpaired) electrons. The standard InChI is InChI=1S/C10H14N2/c1-7-8-3-2-4-10(11)9(8)5-6-12-7/h5-6,10H,2-4,11H2,1H3. The van der Waals surface area contributed by atoms with Gasteiger partial charge in [-0.05, 0) is 43.4 Å². The van der Waals surface area contributed by atoms with E-state index >= 15 is 0 Å². The van der Waals surface area contributed by atoms with E-state index < -0.39 is 0 Å². The van der Waals surface area contributed by atoms with Gasteiger partial charge in [-0.3, -0.25) is 4.98 Å². The summed E-state index contributed by atoms with van der Waals surface area (Å²) in [6.45, 7) is 2.07. The van der Waals surface area contributed by atoms with Gasteiger partial charge in [0.1, 0.15) is 0 Å². The van der Waals surface area contributed by atoms with Crippen molar-refractivity contribution in [3.8, 4) is 0 Å². The van der Waals surface area contributed by atoms with Gasteiger partial charge in [-0.25, -0.2) is 0 Å². The molecular weight excluding hydrogens is 148 g/mol. The number of pyridine rings is 1.